The summed E-state index contributed by atoms with van der Waals surface area (Å²) in [5.41, 5.74) is 0.646. The van der Waals surface area contributed by atoms with Gasteiger partial charge in [0.2, 0.25) is 0 Å². The van der Waals surface area contributed by atoms with E-state index < -0.39 is 17.8 Å². The van der Waals surface area contributed by atoms with Crippen molar-refractivity contribution >= 4 is 41.0 Å². The zero-order valence-corrected chi connectivity index (χ0v) is 17.2. The van der Waals surface area contributed by atoms with Crippen LogP contribution >= 0.6 is 23.2 Å². The van der Waals surface area contributed by atoms with Crippen LogP contribution in [0.4, 0.5) is 0 Å². The molecule has 152 valence electrons. The zero-order valence-electron chi connectivity index (χ0n) is 15.6. The fourth-order valence-electron chi connectivity index (χ4n) is 3.21. The molecule has 0 aliphatic carbocycles. The highest BCUT2D eigenvalue weighted by atomic mass is 35.5. The first-order valence-corrected chi connectivity index (χ1v) is 9.82. The third-order valence-corrected chi connectivity index (χ3v) is 5.20. The van der Waals surface area contributed by atoms with Crippen LogP contribution in [0.2, 0.25) is 10.0 Å². The fourth-order valence-corrected chi connectivity index (χ4v) is 3.78. The number of imide groups is 1. The van der Waals surface area contributed by atoms with Gasteiger partial charge in [0, 0.05) is 12.0 Å². The minimum atomic E-state index is -0.972. The first kappa shape index (κ1) is 20.1. The highest BCUT2D eigenvalue weighted by Crippen LogP contribution is 2.37. The van der Waals surface area contributed by atoms with Crippen molar-refractivity contribution < 1.29 is 23.7 Å². The number of halogens is 2. The molecule has 0 fully saturated rings. The Morgan fingerprint density at radius 2 is 1.63 bits per heavy atom. The number of fused-ring (bicyclic) bond motifs is 1. The maximum Gasteiger partial charge on any atom is 0.369 e. The Labute approximate surface area is 181 Å². The summed E-state index contributed by atoms with van der Waals surface area (Å²) in [6, 6.07) is 11.0. The van der Waals surface area contributed by atoms with Gasteiger partial charge in [0.05, 0.1) is 21.2 Å². The van der Waals surface area contributed by atoms with E-state index in [4.69, 9.17) is 32.6 Å². The number of carbonyl (C=O) groups excluding carboxylic acids is 3. The highest BCUT2D eigenvalue weighted by Gasteiger charge is 2.40. The van der Waals surface area contributed by atoms with E-state index in [-0.39, 0.29) is 38.2 Å². The molecule has 4 rings (SSSR count). The lowest BCUT2D eigenvalue weighted by Crippen LogP contribution is -2.33. The number of nitrogens with zero attached hydrogens (tertiary/aromatic N) is 2. The third kappa shape index (κ3) is 3.26. The van der Waals surface area contributed by atoms with E-state index in [0.29, 0.717) is 23.5 Å². The van der Waals surface area contributed by atoms with Crippen molar-refractivity contribution in [3.63, 3.8) is 0 Å². The SMILES string of the molecule is CCCc1onc(-c2c(Cl)cccc2Cl)c1C(=O)ON1C(=O)c2ccccc2C1=O. The van der Waals surface area contributed by atoms with Gasteiger partial charge in [-0.15, -0.1) is 0 Å². The first-order valence-electron chi connectivity index (χ1n) is 9.07. The molecule has 1 aliphatic rings. The van der Waals surface area contributed by atoms with Crippen molar-refractivity contribution in [2.45, 2.75) is 19.8 Å². The molecule has 1 aliphatic heterocycles. The van der Waals surface area contributed by atoms with Gasteiger partial charge in [-0.3, -0.25) is 9.59 Å². The molecule has 2 heterocycles. The quantitative estimate of drug-likeness (QED) is 0.516. The number of aromatic nitrogens is 1. The summed E-state index contributed by atoms with van der Waals surface area (Å²) in [5.74, 6) is -2.19. The van der Waals surface area contributed by atoms with Crippen molar-refractivity contribution in [1.29, 1.82) is 0 Å². The van der Waals surface area contributed by atoms with E-state index >= 15 is 0 Å². The van der Waals surface area contributed by atoms with E-state index in [0.717, 1.165) is 0 Å². The van der Waals surface area contributed by atoms with Gasteiger partial charge in [0.15, 0.2) is 5.76 Å². The molecule has 1 aromatic heterocycles. The van der Waals surface area contributed by atoms with Crippen LogP contribution in [0.1, 0.15) is 50.2 Å². The second-order valence-electron chi connectivity index (χ2n) is 6.51. The lowest BCUT2D eigenvalue weighted by atomic mass is 10.0. The standard InChI is InChI=1S/C21H14Cl2N2O5/c1-2-6-15-17(18(24-29-15)16-13(22)9-5-10-14(16)23)21(28)30-25-19(26)11-7-3-4-8-12(11)20(25)27/h3-5,7-10H,2,6H2,1H3. The molecule has 0 saturated carbocycles. The van der Waals surface area contributed by atoms with Gasteiger partial charge in [0.1, 0.15) is 11.3 Å². The van der Waals surface area contributed by atoms with Crippen LogP contribution in [0, 0.1) is 0 Å². The summed E-state index contributed by atoms with van der Waals surface area (Å²) in [6.07, 6.45) is 1.03. The number of hydrogen-bond donors (Lipinski definition) is 0. The van der Waals surface area contributed by atoms with Crippen LogP contribution in [0.3, 0.4) is 0 Å². The van der Waals surface area contributed by atoms with Crippen molar-refractivity contribution in [1.82, 2.24) is 10.2 Å². The Hall–Kier alpha value is -3.16. The molecule has 0 bridgehead atoms. The summed E-state index contributed by atoms with van der Waals surface area (Å²) in [5, 5.41) is 4.92. The molecule has 0 spiro atoms. The second-order valence-corrected chi connectivity index (χ2v) is 7.32. The van der Waals surface area contributed by atoms with Gasteiger partial charge < -0.3 is 9.36 Å². The molecule has 30 heavy (non-hydrogen) atoms. The summed E-state index contributed by atoms with van der Waals surface area (Å²) in [7, 11) is 0. The van der Waals surface area contributed by atoms with Gasteiger partial charge in [0.25, 0.3) is 11.8 Å². The first-order chi connectivity index (χ1) is 14.4. The predicted molar refractivity (Wildman–Crippen MR) is 108 cm³/mol. The summed E-state index contributed by atoms with van der Waals surface area (Å²) in [6.45, 7) is 1.89. The average molecular weight is 445 g/mol. The van der Waals surface area contributed by atoms with Gasteiger partial charge in [-0.25, -0.2) is 4.79 Å². The van der Waals surface area contributed by atoms with Crippen molar-refractivity contribution in [2.24, 2.45) is 0 Å². The van der Waals surface area contributed by atoms with Gasteiger partial charge >= 0.3 is 5.97 Å². The van der Waals surface area contributed by atoms with E-state index in [1.165, 1.54) is 12.1 Å². The number of carbonyl (C=O) groups is 3. The van der Waals surface area contributed by atoms with Crippen molar-refractivity contribution in [2.75, 3.05) is 0 Å². The van der Waals surface area contributed by atoms with E-state index in [9.17, 15) is 14.4 Å². The normalized spacial score (nSPS) is 13.0. The molecular formula is C21H14Cl2N2O5. The summed E-state index contributed by atoms with van der Waals surface area (Å²) < 4.78 is 5.35. The third-order valence-electron chi connectivity index (χ3n) is 4.57. The van der Waals surface area contributed by atoms with Gasteiger partial charge in [-0.1, -0.05) is 58.5 Å². The topological polar surface area (TPSA) is 89.7 Å². The Bertz CT molecular complexity index is 1130. The Kier molecular flexibility index (Phi) is 5.32. The molecule has 0 saturated heterocycles. The van der Waals surface area contributed by atoms with Crippen LogP contribution in [0.25, 0.3) is 11.3 Å². The predicted octanol–water partition coefficient (Wildman–Crippen LogP) is 4.97. The van der Waals surface area contributed by atoms with Crippen molar-refractivity contribution in [3.05, 3.63) is 75.0 Å². The molecule has 9 heteroatoms. The van der Waals surface area contributed by atoms with Crippen LogP contribution in [0.5, 0.6) is 0 Å². The van der Waals surface area contributed by atoms with E-state index in [1.54, 1.807) is 30.3 Å². The molecule has 2 aromatic carbocycles. The van der Waals surface area contributed by atoms with Crippen molar-refractivity contribution in [3.8, 4) is 11.3 Å². The van der Waals surface area contributed by atoms with E-state index in [1.807, 2.05) is 6.92 Å². The van der Waals surface area contributed by atoms with E-state index in [2.05, 4.69) is 5.16 Å². The highest BCUT2D eigenvalue weighted by molar-refractivity contribution is 6.39. The Balaban J connectivity index is 1.74. The van der Waals surface area contributed by atoms with Crippen LogP contribution in [-0.2, 0) is 11.3 Å². The monoisotopic (exact) mass is 444 g/mol. The minimum absolute atomic E-state index is 0.0385. The molecule has 3 aromatic rings. The molecule has 2 amide bonds. The largest absolute Gasteiger partial charge is 0.369 e. The second kappa shape index (κ2) is 7.93. The summed E-state index contributed by atoms with van der Waals surface area (Å²) >= 11 is 12.5. The van der Waals surface area contributed by atoms with Gasteiger partial charge in [-0.05, 0) is 30.7 Å². The lowest BCUT2D eigenvalue weighted by molar-refractivity contribution is -0.0585. The van der Waals surface area contributed by atoms with Crippen LogP contribution < -0.4 is 0 Å². The lowest BCUT2D eigenvalue weighted by Gasteiger charge is -2.13. The molecule has 0 radical (unpaired) electrons. The fraction of sp³-hybridized carbons (Fsp3) is 0.143. The molecule has 0 N–H and O–H groups in total. The van der Waals surface area contributed by atoms with Crippen LogP contribution in [-0.4, -0.2) is 28.0 Å². The number of hydroxylamine groups is 2. The number of aryl methyl sites for hydroxylation is 1. The molecular weight excluding hydrogens is 431 g/mol. The van der Waals surface area contributed by atoms with Crippen LogP contribution in [0.15, 0.2) is 47.0 Å². The number of amides is 2. The maximum absolute atomic E-state index is 13.1. The average Bonchev–Trinajstić information content (AvgIpc) is 3.23. The Morgan fingerprint density at radius 1 is 1.03 bits per heavy atom. The number of benzene rings is 2. The molecule has 7 nitrogen and oxygen atoms in total. The minimum Gasteiger partial charge on any atom is -0.360 e. The molecule has 0 unspecified atom stereocenters. The summed E-state index contributed by atoms with van der Waals surface area (Å²) in [4.78, 5) is 43.3. The number of hydrogen-bond acceptors (Lipinski definition) is 6. The zero-order chi connectivity index (χ0) is 21.4. The molecule has 0 atom stereocenters. The smallest absolute Gasteiger partial charge is 0.360 e. The number of rotatable bonds is 5. The van der Waals surface area contributed by atoms with Gasteiger partial charge in [-0.2, -0.15) is 0 Å². The Morgan fingerprint density at radius 3 is 2.20 bits per heavy atom. The maximum atomic E-state index is 13.1.